The number of hydrogen-bond donors (Lipinski definition) is 2. The number of ether oxygens (including phenoxy) is 3. The number of aromatic amines is 1. The normalized spacial score (nSPS) is 10.8. The monoisotopic (exact) mass is 438 g/mol. The number of benzene rings is 2. The van der Waals surface area contributed by atoms with Gasteiger partial charge in [-0.05, 0) is 61.5 Å². The van der Waals surface area contributed by atoms with E-state index in [-0.39, 0.29) is 5.69 Å². The van der Waals surface area contributed by atoms with E-state index in [1.165, 1.54) is 32.4 Å². The van der Waals surface area contributed by atoms with Crippen LogP contribution in [0.1, 0.15) is 22.8 Å². The highest BCUT2D eigenvalue weighted by Crippen LogP contribution is 2.26. The van der Waals surface area contributed by atoms with E-state index >= 15 is 0 Å². The van der Waals surface area contributed by atoms with E-state index in [9.17, 15) is 19.5 Å². The molecule has 3 rings (SSSR count). The van der Waals surface area contributed by atoms with Gasteiger partial charge in [0, 0.05) is 5.56 Å². The molecule has 0 bridgehead atoms. The second-order valence-corrected chi connectivity index (χ2v) is 6.53. The lowest BCUT2D eigenvalue weighted by molar-refractivity contribution is 0.104. The summed E-state index contributed by atoms with van der Waals surface area (Å²) in [4.78, 5) is 39.5. The van der Waals surface area contributed by atoms with E-state index in [2.05, 4.69) is 4.98 Å². The number of nitrogens with zero attached hydrogens (tertiary/aromatic N) is 1. The Kier molecular flexibility index (Phi) is 6.79. The number of allylic oxidation sites excluding steroid dienone is 1. The lowest BCUT2D eigenvalue weighted by Gasteiger charge is -2.11. The zero-order valence-corrected chi connectivity index (χ0v) is 17.7. The maximum Gasteiger partial charge on any atom is 0.335 e. The largest absolute Gasteiger partial charge is 0.497 e. The smallest absolute Gasteiger partial charge is 0.335 e. The first-order valence-corrected chi connectivity index (χ1v) is 9.65. The summed E-state index contributed by atoms with van der Waals surface area (Å²) in [5.74, 6) is 0.0261. The van der Waals surface area contributed by atoms with Crippen molar-refractivity contribution < 1.29 is 24.1 Å². The molecule has 2 N–H and O–H groups in total. The molecule has 9 nitrogen and oxygen atoms in total. The summed E-state index contributed by atoms with van der Waals surface area (Å²) in [5.41, 5.74) is -1.68. The van der Waals surface area contributed by atoms with E-state index in [0.717, 1.165) is 10.6 Å². The zero-order valence-electron chi connectivity index (χ0n) is 17.7. The van der Waals surface area contributed by atoms with Crippen molar-refractivity contribution in [2.75, 3.05) is 20.8 Å². The van der Waals surface area contributed by atoms with Gasteiger partial charge >= 0.3 is 5.69 Å². The summed E-state index contributed by atoms with van der Waals surface area (Å²) in [5, 5.41) is 10.6. The Morgan fingerprint density at radius 3 is 2.38 bits per heavy atom. The number of H-pyrrole nitrogens is 1. The number of methoxy groups -OCH3 is 2. The van der Waals surface area contributed by atoms with Crippen molar-refractivity contribution in [3.8, 4) is 28.8 Å². The molecule has 0 atom stereocenters. The van der Waals surface area contributed by atoms with Gasteiger partial charge in [0.2, 0.25) is 5.88 Å². The third kappa shape index (κ3) is 4.56. The van der Waals surface area contributed by atoms with Gasteiger partial charge in [-0.2, -0.15) is 0 Å². The molecular formula is C23H22N2O7. The molecule has 0 fully saturated rings. The summed E-state index contributed by atoms with van der Waals surface area (Å²) >= 11 is 0. The van der Waals surface area contributed by atoms with Gasteiger partial charge in [0.25, 0.3) is 5.56 Å². The average Bonchev–Trinajstić information content (AvgIpc) is 2.78. The quantitative estimate of drug-likeness (QED) is 0.410. The van der Waals surface area contributed by atoms with Crippen molar-refractivity contribution in [2.24, 2.45) is 0 Å². The molecular weight excluding hydrogens is 416 g/mol. The molecule has 0 aliphatic rings. The Morgan fingerprint density at radius 1 is 1.06 bits per heavy atom. The van der Waals surface area contributed by atoms with Crippen molar-refractivity contribution in [1.82, 2.24) is 9.55 Å². The summed E-state index contributed by atoms with van der Waals surface area (Å²) in [6, 6.07) is 11.3. The average molecular weight is 438 g/mol. The predicted octanol–water partition coefficient (Wildman–Crippen LogP) is 2.54. The summed E-state index contributed by atoms with van der Waals surface area (Å²) in [7, 11) is 2.98. The number of nitrogens with one attached hydrogen (secondary N) is 1. The molecule has 2 aromatic carbocycles. The molecule has 0 aliphatic heterocycles. The van der Waals surface area contributed by atoms with E-state index in [1.807, 2.05) is 6.92 Å². The van der Waals surface area contributed by atoms with Gasteiger partial charge in [0.15, 0.2) is 5.78 Å². The fraction of sp³-hybridized carbons (Fsp3) is 0.174. The topological polar surface area (TPSA) is 120 Å². The summed E-state index contributed by atoms with van der Waals surface area (Å²) in [6.45, 7) is 2.30. The van der Waals surface area contributed by atoms with Crippen LogP contribution in [0.15, 0.2) is 58.1 Å². The van der Waals surface area contributed by atoms with Crippen LogP contribution in [-0.2, 0) is 0 Å². The van der Waals surface area contributed by atoms with Gasteiger partial charge in [-0.25, -0.2) is 9.36 Å². The first-order chi connectivity index (χ1) is 15.4. The maximum absolute atomic E-state index is 12.8. The molecule has 0 amide bonds. The highest BCUT2D eigenvalue weighted by Gasteiger charge is 2.20. The molecule has 0 spiro atoms. The highest BCUT2D eigenvalue weighted by molar-refractivity contribution is 6.08. The SMILES string of the molecule is CCOc1ccc(-n2c(O)c(C(=O)/C=C/c3cc(OC)ccc3OC)c(=O)[nH]c2=O)cc1. The molecule has 0 unspecified atom stereocenters. The molecule has 0 saturated heterocycles. The van der Waals surface area contributed by atoms with Crippen LogP contribution in [0.3, 0.4) is 0 Å². The molecule has 1 heterocycles. The van der Waals surface area contributed by atoms with Crippen molar-refractivity contribution in [2.45, 2.75) is 6.92 Å². The number of ketones is 1. The van der Waals surface area contributed by atoms with E-state index in [1.54, 1.807) is 30.3 Å². The molecule has 3 aromatic rings. The molecule has 9 heteroatoms. The maximum atomic E-state index is 12.8. The number of aromatic hydroxyl groups is 1. The number of rotatable bonds is 8. The van der Waals surface area contributed by atoms with Crippen LogP contribution in [0, 0.1) is 0 Å². The Labute approximate surface area is 183 Å². The molecule has 1 aromatic heterocycles. The Bertz CT molecular complexity index is 1270. The Balaban J connectivity index is 2.02. The van der Waals surface area contributed by atoms with E-state index < -0.39 is 28.5 Å². The second-order valence-electron chi connectivity index (χ2n) is 6.53. The fourth-order valence-electron chi connectivity index (χ4n) is 3.06. The van der Waals surface area contributed by atoms with Gasteiger partial charge in [0.1, 0.15) is 22.8 Å². The number of carbonyl (C=O) groups excluding carboxylic acids is 1. The van der Waals surface area contributed by atoms with Crippen LogP contribution >= 0.6 is 0 Å². The first-order valence-electron chi connectivity index (χ1n) is 9.65. The Morgan fingerprint density at radius 2 is 1.75 bits per heavy atom. The van der Waals surface area contributed by atoms with Gasteiger partial charge in [-0.1, -0.05) is 0 Å². The molecule has 0 radical (unpaired) electrons. The predicted molar refractivity (Wildman–Crippen MR) is 118 cm³/mol. The van der Waals surface area contributed by atoms with Crippen LogP contribution in [0.4, 0.5) is 0 Å². The van der Waals surface area contributed by atoms with Crippen LogP contribution in [0.2, 0.25) is 0 Å². The number of aromatic nitrogens is 2. The van der Waals surface area contributed by atoms with Crippen molar-refractivity contribution in [1.29, 1.82) is 0 Å². The summed E-state index contributed by atoms with van der Waals surface area (Å²) < 4.78 is 16.6. The van der Waals surface area contributed by atoms with Crippen molar-refractivity contribution in [3.05, 3.63) is 80.5 Å². The minimum Gasteiger partial charge on any atom is -0.497 e. The van der Waals surface area contributed by atoms with Crippen LogP contribution < -0.4 is 25.5 Å². The standard InChI is InChI=1S/C23H22N2O7/c1-4-32-16-8-6-15(7-9-16)25-22(28)20(21(27)24-23(25)29)18(26)11-5-14-13-17(30-2)10-12-19(14)31-3/h5-13,28H,4H2,1-3H3,(H,24,27,29)/b11-5+. The highest BCUT2D eigenvalue weighted by atomic mass is 16.5. The van der Waals surface area contributed by atoms with Gasteiger partial charge in [-0.15, -0.1) is 0 Å². The third-order valence-electron chi connectivity index (χ3n) is 4.59. The molecule has 0 saturated carbocycles. The van der Waals surface area contributed by atoms with Gasteiger partial charge in [0.05, 0.1) is 26.5 Å². The number of hydrogen-bond acceptors (Lipinski definition) is 7. The van der Waals surface area contributed by atoms with Gasteiger partial charge in [-0.3, -0.25) is 14.6 Å². The lowest BCUT2D eigenvalue weighted by Crippen LogP contribution is -2.32. The van der Waals surface area contributed by atoms with Crippen molar-refractivity contribution >= 4 is 11.9 Å². The number of carbonyl (C=O) groups is 1. The van der Waals surface area contributed by atoms with Crippen LogP contribution in [0.25, 0.3) is 11.8 Å². The Hall–Kier alpha value is -4.27. The second kappa shape index (κ2) is 9.69. The minimum atomic E-state index is -0.998. The zero-order chi connectivity index (χ0) is 23.3. The molecule has 166 valence electrons. The van der Waals surface area contributed by atoms with Crippen molar-refractivity contribution in [3.63, 3.8) is 0 Å². The lowest BCUT2D eigenvalue weighted by atomic mass is 10.1. The van der Waals surface area contributed by atoms with Crippen LogP contribution in [-0.4, -0.2) is 41.3 Å². The third-order valence-corrected chi connectivity index (χ3v) is 4.59. The fourth-order valence-corrected chi connectivity index (χ4v) is 3.06. The van der Waals surface area contributed by atoms with Crippen LogP contribution in [0.5, 0.6) is 23.1 Å². The van der Waals surface area contributed by atoms with E-state index in [0.29, 0.717) is 29.4 Å². The van der Waals surface area contributed by atoms with Gasteiger partial charge < -0.3 is 19.3 Å². The first kappa shape index (κ1) is 22.4. The van der Waals surface area contributed by atoms with E-state index in [4.69, 9.17) is 14.2 Å². The molecule has 0 aliphatic carbocycles. The molecule has 32 heavy (non-hydrogen) atoms. The minimum absolute atomic E-state index is 0.250. The summed E-state index contributed by atoms with van der Waals surface area (Å²) in [6.07, 6.45) is 2.53.